The first-order valence-corrected chi connectivity index (χ1v) is 9.30. The van der Waals surface area contributed by atoms with Crippen LogP contribution in [0.15, 0.2) is 11.6 Å². The molecule has 1 heterocycles. The summed E-state index contributed by atoms with van der Waals surface area (Å²) in [6.45, 7) is 8.32. The second kappa shape index (κ2) is 4.24. The summed E-state index contributed by atoms with van der Waals surface area (Å²) in [4.78, 5) is 0. The highest BCUT2D eigenvalue weighted by Crippen LogP contribution is 2.11. The largest absolute Gasteiger partial charge is 0.331 e. The van der Waals surface area contributed by atoms with E-state index in [1.165, 1.54) is 12.5 Å². The van der Waals surface area contributed by atoms with Gasteiger partial charge in [0.25, 0.3) is 0 Å². The Morgan fingerprint density at radius 1 is 1.46 bits per heavy atom. The topological polar surface area (TPSA) is 29.9 Å². The fraction of sp³-hybridized carbons (Fsp3) is 0.667. The summed E-state index contributed by atoms with van der Waals surface area (Å²) in [6.07, 6.45) is 3.34. The molecule has 1 aromatic heterocycles. The van der Waals surface area contributed by atoms with Gasteiger partial charge in [0.15, 0.2) is 0 Å². The molecule has 4 heteroatoms. The van der Waals surface area contributed by atoms with Crippen molar-refractivity contribution < 1.29 is 4.57 Å². The van der Waals surface area contributed by atoms with Crippen molar-refractivity contribution in [3.8, 4) is 0 Å². The minimum atomic E-state index is -0.859. The number of aryl methyl sites for hydroxylation is 1. The first-order chi connectivity index (χ1) is 5.99. The highest BCUT2D eigenvalue weighted by Gasteiger charge is 2.13. The molecule has 0 atom stereocenters. The van der Waals surface area contributed by atoms with E-state index >= 15 is 0 Å². The lowest BCUT2D eigenvalue weighted by Crippen LogP contribution is -2.35. The standard InChI is InChI=1S/C9H18N2SSi/c1-13(2,3)8-4-5-11-6-7-12-9(11)10/h6-7,10H,4-5,8H2,1-3H3/p+1. The van der Waals surface area contributed by atoms with Gasteiger partial charge in [0.2, 0.25) is 0 Å². The van der Waals surface area contributed by atoms with Crippen LogP contribution in [-0.4, -0.2) is 8.07 Å². The van der Waals surface area contributed by atoms with E-state index in [1.54, 1.807) is 11.3 Å². The van der Waals surface area contributed by atoms with Crippen molar-refractivity contribution in [1.29, 1.82) is 0 Å². The van der Waals surface area contributed by atoms with Crippen LogP contribution < -0.4 is 10.3 Å². The highest BCUT2D eigenvalue weighted by molar-refractivity contribution is 7.12. The molecule has 74 valence electrons. The average Bonchev–Trinajstić information content (AvgIpc) is 2.34. The molecule has 0 aliphatic carbocycles. The lowest BCUT2D eigenvalue weighted by molar-refractivity contribution is -0.678. The van der Waals surface area contributed by atoms with E-state index < -0.39 is 8.07 Å². The zero-order valence-corrected chi connectivity index (χ0v) is 10.5. The third kappa shape index (κ3) is 3.91. The van der Waals surface area contributed by atoms with E-state index in [-0.39, 0.29) is 0 Å². The Morgan fingerprint density at radius 3 is 2.62 bits per heavy atom. The molecule has 0 saturated carbocycles. The fourth-order valence-electron chi connectivity index (χ4n) is 1.28. The number of rotatable bonds is 4. The molecule has 13 heavy (non-hydrogen) atoms. The Labute approximate surface area is 85.4 Å². The van der Waals surface area contributed by atoms with Gasteiger partial charge in [0, 0.05) is 13.5 Å². The lowest BCUT2D eigenvalue weighted by Gasteiger charge is -2.14. The zero-order chi connectivity index (χ0) is 9.90. The molecule has 0 amide bonds. The van der Waals surface area contributed by atoms with Gasteiger partial charge in [-0.3, -0.25) is 5.73 Å². The van der Waals surface area contributed by atoms with Crippen LogP contribution >= 0.6 is 11.3 Å². The number of thiazole rings is 1. The predicted molar refractivity (Wildman–Crippen MR) is 61.7 cm³/mol. The van der Waals surface area contributed by atoms with Crippen LogP contribution in [0.4, 0.5) is 5.13 Å². The quantitative estimate of drug-likeness (QED) is 0.606. The number of nitrogen functional groups attached to an aromatic ring is 1. The van der Waals surface area contributed by atoms with Crippen molar-refractivity contribution in [1.82, 2.24) is 0 Å². The van der Waals surface area contributed by atoms with Gasteiger partial charge in [-0.1, -0.05) is 37.0 Å². The molecule has 0 aromatic carbocycles. The normalized spacial score (nSPS) is 11.9. The van der Waals surface area contributed by atoms with Gasteiger partial charge in [-0.05, 0) is 6.42 Å². The van der Waals surface area contributed by atoms with Crippen LogP contribution in [0.2, 0.25) is 25.7 Å². The van der Waals surface area contributed by atoms with Crippen LogP contribution in [-0.2, 0) is 6.54 Å². The number of hydrogen-bond donors (Lipinski definition) is 1. The number of hydrogen-bond acceptors (Lipinski definition) is 2. The van der Waals surface area contributed by atoms with Crippen LogP contribution in [0.5, 0.6) is 0 Å². The Kier molecular flexibility index (Phi) is 3.50. The van der Waals surface area contributed by atoms with Gasteiger partial charge < -0.3 is 0 Å². The van der Waals surface area contributed by atoms with E-state index in [0.717, 1.165) is 11.7 Å². The monoisotopic (exact) mass is 215 g/mol. The fourth-order valence-corrected chi connectivity index (χ4v) is 3.13. The van der Waals surface area contributed by atoms with Crippen LogP contribution in [0.25, 0.3) is 0 Å². The molecule has 1 aromatic rings. The maximum atomic E-state index is 5.78. The number of nitrogens with zero attached hydrogens (tertiary/aromatic N) is 1. The molecule has 0 aliphatic heterocycles. The van der Waals surface area contributed by atoms with Crippen LogP contribution in [0.1, 0.15) is 6.42 Å². The molecule has 0 aliphatic rings. The first-order valence-electron chi connectivity index (χ1n) is 4.71. The van der Waals surface area contributed by atoms with Crippen molar-refractivity contribution in [2.45, 2.75) is 38.7 Å². The average molecular weight is 215 g/mol. The molecule has 0 bridgehead atoms. The summed E-state index contributed by atoms with van der Waals surface area (Å²) in [5.74, 6) is 0. The van der Waals surface area contributed by atoms with Gasteiger partial charge in [0.1, 0.15) is 6.20 Å². The van der Waals surface area contributed by atoms with Crippen molar-refractivity contribution >= 4 is 24.5 Å². The molecule has 0 spiro atoms. The summed E-state index contributed by atoms with van der Waals surface area (Å²) < 4.78 is 2.14. The maximum Gasteiger partial charge on any atom is 0.331 e. The molecule has 0 saturated heterocycles. The van der Waals surface area contributed by atoms with E-state index in [0.29, 0.717) is 0 Å². The Balaban J connectivity index is 2.32. The van der Waals surface area contributed by atoms with E-state index in [1.807, 2.05) is 5.38 Å². The van der Waals surface area contributed by atoms with Crippen molar-refractivity contribution in [3.05, 3.63) is 11.6 Å². The highest BCUT2D eigenvalue weighted by atomic mass is 32.1. The second-order valence-corrected chi connectivity index (χ2v) is 11.1. The van der Waals surface area contributed by atoms with Gasteiger partial charge in [0.05, 0.1) is 6.54 Å². The molecule has 0 radical (unpaired) electrons. The lowest BCUT2D eigenvalue weighted by atomic mass is 10.5. The third-order valence-electron chi connectivity index (χ3n) is 2.04. The summed E-state index contributed by atoms with van der Waals surface area (Å²) in [7, 11) is -0.859. The van der Waals surface area contributed by atoms with E-state index in [9.17, 15) is 0 Å². The minimum absolute atomic E-state index is 0.859. The van der Waals surface area contributed by atoms with E-state index in [2.05, 4.69) is 30.4 Å². The number of anilines is 1. The molecule has 2 nitrogen and oxygen atoms in total. The predicted octanol–water partition coefficient (Wildman–Crippen LogP) is 2.35. The molecule has 0 unspecified atom stereocenters. The van der Waals surface area contributed by atoms with Crippen molar-refractivity contribution in [2.24, 2.45) is 0 Å². The van der Waals surface area contributed by atoms with Crippen LogP contribution in [0.3, 0.4) is 0 Å². The van der Waals surface area contributed by atoms with Crippen molar-refractivity contribution in [2.75, 3.05) is 5.73 Å². The van der Waals surface area contributed by atoms with Gasteiger partial charge in [-0.15, -0.1) is 0 Å². The molecular weight excluding hydrogens is 196 g/mol. The third-order valence-corrected chi connectivity index (χ3v) is 4.63. The molecular formula is C9H19N2SSi+. The smallest absolute Gasteiger partial charge is 0.278 e. The number of aromatic nitrogens is 1. The second-order valence-electron chi connectivity index (χ2n) is 4.60. The summed E-state index contributed by atoms with van der Waals surface area (Å²) >= 11 is 1.61. The molecule has 0 fully saturated rings. The summed E-state index contributed by atoms with van der Waals surface area (Å²) in [5.41, 5.74) is 5.78. The Morgan fingerprint density at radius 2 is 2.15 bits per heavy atom. The van der Waals surface area contributed by atoms with Gasteiger partial charge >= 0.3 is 5.13 Å². The first kappa shape index (κ1) is 10.7. The zero-order valence-electron chi connectivity index (χ0n) is 8.71. The SMILES string of the molecule is C[Si](C)(C)CCC[n+]1ccsc1N. The molecule has 1 rings (SSSR count). The van der Waals surface area contributed by atoms with Gasteiger partial charge in [-0.2, -0.15) is 0 Å². The van der Waals surface area contributed by atoms with Crippen LogP contribution in [0, 0.1) is 0 Å². The minimum Gasteiger partial charge on any atom is -0.278 e. The maximum absolute atomic E-state index is 5.78. The van der Waals surface area contributed by atoms with Crippen molar-refractivity contribution in [3.63, 3.8) is 0 Å². The summed E-state index contributed by atoms with van der Waals surface area (Å²) in [5, 5.41) is 2.97. The van der Waals surface area contributed by atoms with E-state index in [4.69, 9.17) is 5.73 Å². The Bertz CT molecular complexity index is 265. The Hall–Kier alpha value is -0.353. The number of nitrogens with two attached hydrogens (primary N) is 1. The van der Waals surface area contributed by atoms with Gasteiger partial charge in [-0.25, -0.2) is 4.57 Å². The summed E-state index contributed by atoms with van der Waals surface area (Å²) in [6, 6.07) is 1.38. The molecule has 2 N–H and O–H groups in total.